The second-order valence-electron chi connectivity index (χ2n) is 4.22. The van der Waals surface area contributed by atoms with Gasteiger partial charge in [-0.3, -0.25) is 4.79 Å². The van der Waals surface area contributed by atoms with Crippen LogP contribution in [-0.2, 0) is 0 Å². The number of halogens is 1. The monoisotopic (exact) mass is 302 g/mol. The van der Waals surface area contributed by atoms with Crippen LogP contribution < -0.4 is 20.1 Å². The molecule has 5 nitrogen and oxygen atoms in total. The maximum absolute atomic E-state index is 12.0. The summed E-state index contributed by atoms with van der Waals surface area (Å²) in [5, 5.41) is 5.90. The molecule has 1 rings (SSSR count). The molecule has 0 heterocycles. The number of carbonyl (C=O) groups excluding carboxylic acids is 1. The number of hydrogen-bond acceptors (Lipinski definition) is 4. The molecule has 20 heavy (non-hydrogen) atoms. The average molecular weight is 303 g/mol. The molecule has 0 atom stereocenters. The number of amides is 1. The highest BCUT2D eigenvalue weighted by atomic mass is 35.5. The molecule has 6 heteroatoms. The topological polar surface area (TPSA) is 59.6 Å². The molecule has 1 aromatic rings. The Labute approximate surface area is 126 Å². The Hall–Kier alpha value is -1.46. The van der Waals surface area contributed by atoms with Crippen LogP contribution in [-0.4, -0.2) is 40.3 Å². The van der Waals surface area contributed by atoms with Crippen molar-refractivity contribution in [2.75, 3.05) is 34.4 Å². The minimum atomic E-state index is -0.118. The van der Waals surface area contributed by atoms with Crippen LogP contribution in [0.15, 0.2) is 12.1 Å². The fraction of sp³-hybridized carbons (Fsp3) is 0.500. The molecule has 1 aromatic carbocycles. The predicted molar refractivity (Wildman–Crippen MR) is 82.4 cm³/mol. The fourth-order valence-electron chi connectivity index (χ4n) is 1.79. The van der Waals surface area contributed by atoms with E-state index in [1.54, 1.807) is 26.4 Å². The Bertz CT molecular complexity index is 413. The van der Waals surface area contributed by atoms with Gasteiger partial charge in [0, 0.05) is 17.7 Å². The van der Waals surface area contributed by atoms with E-state index in [9.17, 15) is 4.79 Å². The number of nitrogens with one attached hydrogen (secondary N) is 2. The van der Waals surface area contributed by atoms with Gasteiger partial charge in [0.1, 0.15) is 11.5 Å². The largest absolute Gasteiger partial charge is 0.496 e. The van der Waals surface area contributed by atoms with E-state index in [-0.39, 0.29) is 18.3 Å². The van der Waals surface area contributed by atoms with Crippen molar-refractivity contribution in [2.24, 2.45) is 0 Å². The highest BCUT2D eigenvalue weighted by molar-refractivity contribution is 5.95. The lowest BCUT2D eigenvalue weighted by molar-refractivity contribution is 0.0952. The molecule has 0 unspecified atom stereocenters. The molecule has 0 spiro atoms. The summed E-state index contributed by atoms with van der Waals surface area (Å²) in [6.07, 6.45) is 0.891. The maximum Gasteiger partial charge on any atom is 0.251 e. The van der Waals surface area contributed by atoms with Crippen LogP contribution >= 0.6 is 12.4 Å². The zero-order valence-electron chi connectivity index (χ0n) is 12.4. The summed E-state index contributed by atoms with van der Waals surface area (Å²) in [5.74, 6) is 1.19. The Balaban J connectivity index is 0.00000361. The van der Waals surface area contributed by atoms with E-state index in [0.29, 0.717) is 23.6 Å². The van der Waals surface area contributed by atoms with Crippen molar-refractivity contribution in [3.8, 4) is 11.5 Å². The number of rotatable bonds is 7. The smallest absolute Gasteiger partial charge is 0.251 e. The molecule has 1 amide bonds. The van der Waals surface area contributed by atoms with Crippen molar-refractivity contribution in [1.82, 2.24) is 10.6 Å². The third-order valence-electron chi connectivity index (χ3n) is 2.90. The van der Waals surface area contributed by atoms with Crippen LogP contribution in [0.1, 0.15) is 22.3 Å². The zero-order valence-corrected chi connectivity index (χ0v) is 13.2. The van der Waals surface area contributed by atoms with Crippen molar-refractivity contribution in [3.05, 3.63) is 23.3 Å². The van der Waals surface area contributed by atoms with Crippen molar-refractivity contribution < 1.29 is 14.3 Å². The van der Waals surface area contributed by atoms with Crippen molar-refractivity contribution in [2.45, 2.75) is 13.3 Å². The minimum absolute atomic E-state index is 0. The zero-order chi connectivity index (χ0) is 14.3. The van der Waals surface area contributed by atoms with E-state index < -0.39 is 0 Å². The van der Waals surface area contributed by atoms with E-state index in [1.165, 1.54) is 0 Å². The lowest BCUT2D eigenvalue weighted by atomic mass is 10.1. The first-order valence-corrected chi connectivity index (χ1v) is 6.29. The van der Waals surface area contributed by atoms with Crippen LogP contribution in [0, 0.1) is 6.92 Å². The lowest BCUT2D eigenvalue weighted by Crippen LogP contribution is -2.26. The predicted octanol–water partition coefficient (Wildman–Crippen LogP) is 1.77. The summed E-state index contributed by atoms with van der Waals surface area (Å²) >= 11 is 0. The number of methoxy groups -OCH3 is 2. The summed E-state index contributed by atoms with van der Waals surface area (Å²) in [4.78, 5) is 12.0. The van der Waals surface area contributed by atoms with E-state index in [4.69, 9.17) is 9.47 Å². The summed E-state index contributed by atoms with van der Waals surface area (Å²) in [6.45, 7) is 3.41. The average Bonchev–Trinajstić information content (AvgIpc) is 2.43. The third kappa shape index (κ3) is 4.90. The van der Waals surface area contributed by atoms with Gasteiger partial charge in [0.05, 0.1) is 14.2 Å². The van der Waals surface area contributed by atoms with Gasteiger partial charge in [-0.15, -0.1) is 12.4 Å². The van der Waals surface area contributed by atoms with Gasteiger partial charge in [0.25, 0.3) is 5.91 Å². The van der Waals surface area contributed by atoms with Gasteiger partial charge in [-0.1, -0.05) is 0 Å². The molecule has 0 radical (unpaired) electrons. The van der Waals surface area contributed by atoms with Gasteiger partial charge in [0.2, 0.25) is 0 Å². The molecule has 0 aliphatic heterocycles. The molecular formula is C14H23ClN2O3. The first-order chi connectivity index (χ1) is 9.13. The summed E-state index contributed by atoms with van der Waals surface area (Å²) in [6, 6.07) is 3.45. The van der Waals surface area contributed by atoms with E-state index in [1.807, 2.05) is 14.0 Å². The number of carbonyl (C=O) groups is 1. The van der Waals surface area contributed by atoms with E-state index >= 15 is 0 Å². The molecule has 2 N–H and O–H groups in total. The molecule has 0 aromatic heterocycles. The molecular weight excluding hydrogens is 280 g/mol. The van der Waals surface area contributed by atoms with Gasteiger partial charge in [0.15, 0.2) is 0 Å². The highest BCUT2D eigenvalue weighted by Crippen LogP contribution is 2.29. The Morgan fingerprint density at radius 3 is 2.15 bits per heavy atom. The van der Waals surface area contributed by atoms with Gasteiger partial charge in [-0.05, 0) is 39.1 Å². The van der Waals surface area contributed by atoms with Gasteiger partial charge >= 0.3 is 0 Å². The Kier molecular flexibility index (Phi) is 8.76. The highest BCUT2D eigenvalue weighted by Gasteiger charge is 2.13. The molecule has 0 saturated carbocycles. The summed E-state index contributed by atoms with van der Waals surface area (Å²) in [5.41, 5.74) is 1.43. The van der Waals surface area contributed by atoms with Gasteiger partial charge in [-0.2, -0.15) is 0 Å². The van der Waals surface area contributed by atoms with Gasteiger partial charge < -0.3 is 20.1 Å². The quantitative estimate of drug-likeness (QED) is 0.754. The molecule has 0 bridgehead atoms. The van der Waals surface area contributed by atoms with Crippen LogP contribution in [0.3, 0.4) is 0 Å². The molecule has 0 saturated heterocycles. The molecule has 114 valence electrons. The maximum atomic E-state index is 12.0. The normalized spacial score (nSPS) is 9.60. The van der Waals surface area contributed by atoms with Crippen molar-refractivity contribution in [3.63, 3.8) is 0 Å². The van der Waals surface area contributed by atoms with Crippen LogP contribution in [0.2, 0.25) is 0 Å². The minimum Gasteiger partial charge on any atom is -0.496 e. The Morgan fingerprint density at radius 2 is 1.70 bits per heavy atom. The number of hydrogen-bond donors (Lipinski definition) is 2. The van der Waals surface area contributed by atoms with E-state index in [2.05, 4.69) is 10.6 Å². The van der Waals surface area contributed by atoms with Crippen molar-refractivity contribution >= 4 is 18.3 Å². The molecule has 0 aliphatic carbocycles. The van der Waals surface area contributed by atoms with Crippen LogP contribution in [0.5, 0.6) is 11.5 Å². The first kappa shape index (κ1) is 18.5. The first-order valence-electron chi connectivity index (χ1n) is 6.29. The number of benzene rings is 1. The van der Waals surface area contributed by atoms with Crippen molar-refractivity contribution in [1.29, 1.82) is 0 Å². The van der Waals surface area contributed by atoms with Crippen LogP contribution in [0.4, 0.5) is 0 Å². The standard InChI is InChI=1S/C14H22N2O3.ClH/c1-10-12(18-3)8-11(9-13(10)19-4)14(17)16-7-5-6-15-2;/h8-9,15H,5-7H2,1-4H3,(H,16,17);1H. The fourth-order valence-corrected chi connectivity index (χ4v) is 1.79. The molecule has 0 fully saturated rings. The third-order valence-corrected chi connectivity index (χ3v) is 2.90. The lowest BCUT2D eigenvalue weighted by Gasteiger charge is -2.12. The van der Waals surface area contributed by atoms with Crippen LogP contribution in [0.25, 0.3) is 0 Å². The Morgan fingerprint density at radius 1 is 1.15 bits per heavy atom. The second kappa shape index (κ2) is 9.44. The number of ether oxygens (including phenoxy) is 2. The molecule has 0 aliphatic rings. The van der Waals surface area contributed by atoms with Gasteiger partial charge in [-0.25, -0.2) is 0 Å². The summed E-state index contributed by atoms with van der Waals surface area (Å²) < 4.78 is 10.5. The second-order valence-corrected chi connectivity index (χ2v) is 4.22. The summed E-state index contributed by atoms with van der Waals surface area (Å²) in [7, 11) is 5.05. The SMILES string of the molecule is CNCCCNC(=O)c1cc(OC)c(C)c(OC)c1.Cl. The van der Waals surface area contributed by atoms with E-state index in [0.717, 1.165) is 18.5 Å².